The fourth-order valence-corrected chi connectivity index (χ4v) is 2.00. The average molecular weight is 348 g/mol. The van der Waals surface area contributed by atoms with Crippen molar-refractivity contribution in [2.75, 3.05) is 11.9 Å². The van der Waals surface area contributed by atoms with Crippen molar-refractivity contribution in [3.8, 4) is 5.75 Å². The second kappa shape index (κ2) is 7.43. The number of hydrogen-bond donors (Lipinski definition) is 2. The van der Waals surface area contributed by atoms with Crippen LogP contribution in [-0.2, 0) is 4.79 Å². The monoisotopic (exact) mass is 348 g/mol. The molecule has 1 heterocycles. The molecule has 1 atom stereocenters. The minimum absolute atomic E-state index is 0.0145. The van der Waals surface area contributed by atoms with Gasteiger partial charge in [-0.05, 0) is 32.0 Å². The Labute approximate surface area is 142 Å². The van der Waals surface area contributed by atoms with Gasteiger partial charge in [0, 0.05) is 6.20 Å². The van der Waals surface area contributed by atoms with E-state index >= 15 is 0 Å². The number of benzene rings is 1. The highest BCUT2D eigenvalue weighted by Gasteiger charge is 2.21. The SMILES string of the molecule is CCOc1ccc(NC(=O)c2ccn(C(C)C(=O)O)n2)c([N+](=O)[O-])c1. The molecule has 0 saturated carbocycles. The number of carbonyl (C=O) groups excluding carboxylic acids is 1. The fourth-order valence-electron chi connectivity index (χ4n) is 2.00. The zero-order valence-corrected chi connectivity index (χ0v) is 13.5. The number of carbonyl (C=O) groups is 2. The Kier molecular flexibility index (Phi) is 5.32. The van der Waals surface area contributed by atoms with E-state index in [1.807, 2.05) is 0 Å². The van der Waals surface area contributed by atoms with Gasteiger partial charge in [0.25, 0.3) is 11.6 Å². The van der Waals surface area contributed by atoms with Gasteiger partial charge in [0.2, 0.25) is 0 Å². The first-order valence-electron chi connectivity index (χ1n) is 7.34. The van der Waals surface area contributed by atoms with Gasteiger partial charge in [0.05, 0.1) is 17.6 Å². The number of carboxylic acid groups (broad SMARTS) is 1. The minimum atomic E-state index is -1.10. The number of amides is 1. The van der Waals surface area contributed by atoms with Gasteiger partial charge in [-0.3, -0.25) is 19.6 Å². The standard InChI is InChI=1S/C15H16N4O6/c1-3-25-10-4-5-11(13(8-10)19(23)24)16-14(20)12-6-7-18(17-12)9(2)15(21)22/h4-9H,3H2,1-2H3,(H,16,20)(H,21,22). The Morgan fingerprint density at radius 2 is 2.16 bits per heavy atom. The largest absolute Gasteiger partial charge is 0.494 e. The molecule has 0 aliphatic carbocycles. The molecule has 2 rings (SSSR count). The molecule has 0 bridgehead atoms. The highest BCUT2D eigenvalue weighted by Crippen LogP contribution is 2.29. The molecule has 0 saturated heterocycles. The number of nitro benzene ring substituents is 1. The number of nitrogens with one attached hydrogen (secondary N) is 1. The van der Waals surface area contributed by atoms with Crippen LogP contribution in [0.2, 0.25) is 0 Å². The number of nitrogens with zero attached hydrogens (tertiary/aromatic N) is 3. The lowest BCUT2D eigenvalue weighted by atomic mass is 10.2. The van der Waals surface area contributed by atoms with Gasteiger partial charge in [-0.1, -0.05) is 0 Å². The number of nitro groups is 1. The molecule has 2 N–H and O–H groups in total. The van der Waals surface area contributed by atoms with Gasteiger partial charge in [0.15, 0.2) is 5.69 Å². The number of anilines is 1. The highest BCUT2D eigenvalue weighted by atomic mass is 16.6. The Morgan fingerprint density at radius 1 is 1.44 bits per heavy atom. The van der Waals surface area contributed by atoms with Crippen molar-refractivity contribution in [1.29, 1.82) is 0 Å². The molecule has 1 aromatic carbocycles. The van der Waals surface area contributed by atoms with Crippen LogP contribution in [0.1, 0.15) is 30.4 Å². The van der Waals surface area contributed by atoms with Crippen molar-refractivity contribution in [3.05, 3.63) is 46.3 Å². The van der Waals surface area contributed by atoms with E-state index in [2.05, 4.69) is 10.4 Å². The molecular formula is C15H16N4O6. The van der Waals surface area contributed by atoms with Gasteiger partial charge in [0.1, 0.15) is 17.5 Å². The lowest BCUT2D eigenvalue weighted by Gasteiger charge is -2.08. The normalized spacial score (nSPS) is 11.6. The first-order chi connectivity index (χ1) is 11.8. The smallest absolute Gasteiger partial charge is 0.328 e. The van der Waals surface area contributed by atoms with E-state index in [1.165, 1.54) is 37.4 Å². The number of aliphatic carboxylic acids is 1. The van der Waals surface area contributed by atoms with Crippen LogP contribution in [0.3, 0.4) is 0 Å². The summed E-state index contributed by atoms with van der Waals surface area (Å²) in [6, 6.07) is 4.45. The first kappa shape index (κ1) is 17.9. The van der Waals surface area contributed by atoms with Crippen LogP contribution >= 0.6 is 0 Å². The van der Waals surface area contributed by atoms with Crippen LogP contribution in [0, 0.1) is 10.1 Å². The van der Waals surface area contributed by atoms with Crippen LogP contribution in [0.25, 0.3) is 0 Å². The molecule has 0 aliphatic heterocycles. The van der Waals surface area contributed by atoms with Gasteiger partial charge in [-0.15, -0.1) is 0 Å². The minimum Gasteiger partial charge on any atom is -0.494 e. The van der Waals surface area contributed by atoms with Crippen LogP contribution in [0.4, 0.5) is 11.4 Å². The van der Waals surface area contributed by atoms with Crippen molar-refractivity contribution in [3.63, 3.8) is 0 Å². The number of aromatic nitrogens is 2. The van der Waals surface area contributed by atoms with Crippen molar-refractivity contribution in [2.24, 2.45) is 0 Å². The number of rotatable bonds is 7. The van der Waals surface area contributed by atoms with Crippen molar-refractivity contribution < 1.29 is 24.4 Å². The summed E-state index contributed by atoms with van der Waals surface area (Å²) in [5.74, 6) is -1.48. The average Bonchev–Trinajstić information content (AvgIpc) is 3.05. The number of ether oxygens (including phenoxy) is 1. The lowest BCUT2D eigenvalue weighted by molar-refractivity contribution is -0.384. The summed E-state index contributed by atoms with van der Waals surface area (Å²) in [7, 11) is 0. The summed E-state index contributed by atoms with van der Waals surface area (Å²) < 4.78 is 6.32. The highest BCUT2D eigenvalue weighted by molar-refractivity contribution is 6.04. The number of hydrogen-bond acceptors (Lipinski definition) is 6. The predicted octanol–water partition coefficient (Wildman–Crippen LogP) is 2.09. The Hall–Kier alpha value is -3.43. The third-order valence-corrected chi connectivity index (χ3v) is 3.32. The predicted molar refractivity (Wildman–Crippen MR) is 86.8 cm³/mol. The van der Waals surface area contributed by atoms with Crippen LogP contribution < -0.4 is 10.1 Å². The van der Waals surface area contributed by atoms with Gasteiger partial charge in [-0.25, -0.2) is 4.79 Å². The van der Waals surface area contributed by atoms with Crippen LogP contribution in [0.15, 0.2) is 30.5 Å². The Balaban J connectivity index is 2.23. The first-order valence-corrected chi connectivity index (χ1v) is 7.34. The van der Waals surface area contributed by atoms with Gasteiger partial charge in [-0.2, -0.15) is 5.10 Å². The topological polar surface area (TPSA) is 137 Å². The maximum Gasteiger partial charge on any atom is 0.328 e. The van der Waals surface area contributed by atoms with E-state index in [-0.39, 0.29) is 17.1 Å². The van der Waals surface area contributed by atoms with Crippen LogP contribution in [0.5, 0.6) is 5.75 Å². The fraction of sp³-hybridized carbons (Fsp3) is 0.267. The zero-order valence-electron chi connectivity index (χ0n) is 13.5. The molecule has 1 unspecified atom stereocenters. The molecule has 0 fully saturated rings. The second-order valence-corrected chi connectivity index (χ2v) is 5.02. The third kappa shape index (κ3) is 4.10. The summed E-state index contributed by atoms with van der Waals surface area (Å²) in [5.41, 5.74) is -0.395. The van der Waals surface area contributed by atoms with E-state index in [1.54, 1.807) is 6.92 Å². The molecular weight excluding hydrogens is 332 g/mol. The molecule has 1 aromatic heterocycles. The summed E-state index contributed by atoms with van der Waals surface area (Å²) in [6.45, 7) is 3.51. The van der Waals surface area contributed by atoms with E-state index in [9.17, 15) is 19.7 Å². The summed E-state index contributed by atoms with van der Waals surface area (Å²) in [4.78, 5) is 33.7. The van der Waals surface area contributed by atoms with Crippen molar-refractivity contribution >= 4 is 23.3 Å². The molecule has 132 valence electrons. The Morgan fingerprint density at radius 3 is 2.76 bits per heavy atom. The van der Waals surface area contributed by atoms with E-state index in [0.717, 1.165) is 4.68 Å². The van der Waals surface area contributed by atoms with Crippen molar-refractivity contribution in [1.82, 2.24) is 9.78 Å². The molecule has 0 radical (unpaired) electrons. The molecule has 2 aromatic rings. The molecule has 1 amide bonds. The van der Waals surface area contributed by atoms with E-state index < -0.39 is 22.8 Å². The lowest BCUT2D eigenvalue weighted by Crippen LogP contribution is -2.18. The summed E-state index contributed by atoms with van der Waals surface area (Å²) in [5, 5.41) is 26.4. The number of carboxylic acids is 1. The molecule has 10 heteroatoms. The third-order valence-electron chi connectivity index (χ3n) is 3.32. The van der Waals surface area contributed by atoms with E-state index in [4.69, 9.17) is 9.84 Å². The molecule has 25 heavy (non-hydrogen) atoms. The zero-order chi connectivity index (χ0) is 18.6. The molecule has 10 nitrogen and oxygen atoms in total. The van der Waals surface area contributed by atoms with E-state index in [0.29, 0.717) is 12.4 Å². The summed E-state index contributed by atoms with van der Waals surface area (Å²) >= 11 is 0. The molecule has 0 spiro atoms. The Bertz CT molecular complexity index is 816. The van der Waals surface area contributed by atoms with Gasteiger partial charge < -0.3 is 15.2 Å². The quantitative estimate of drug-likeness (QED) is 0.577. The van der Waals surface area contributed by atoms with Crippen molar-refractivity contribution in [2.45, 2.75) is 19.9 Å². The van der Waals surface area contributed by atoms with Crippen LogP contribution in [-0.4, -0.2) is 38.3 Å². The summed E-state index contributed by atoms with van der Waals surface area (Å²) in [6.07, 6.45) is 1.35. The second-order valence-electron chi connectivity index (χ2n) is 5.02. The molecule has 0 aliphatic rings. The maximum atomic E-state index is 12.2. The van der Waals surface area contributed by atoms with Gasteiger partial charge >= 0.3 is 5.97 Å². The maximum absolute atomic E-state index is 12.2.